The first kappa shape index (κ1) is 13.7. The van der Waals surface area contributed by atoms with Crippen LogP contribution in [-0.2, 0) is 11.3 Å². The highest BCUT2D eigenvalue weighted by atomic mass is 32.1. The third-order valence-corrected chi connectivity index (χ3v) is 4.79. The molecule has 0 spiro atoms. The molecular weight excluding hydrogens is 274 g/mol. The van der Waals surface area contributed by atoms with Crippen LogP contribution in [-0.4, -0.2) is 47.8 Å². The standard InChI is InChI=1S/C14H19N3O2S/c1-10-8-20-13-12(10)15-9-17(14(13)18)6-11-5-16(2)3-4-19-7-11/h8-9,11H,3-7H2,1-2H3. The number of ether oxygens (including phenoxy) is 1. The van der Waals surface area contributed by atoms with Crippen LogP contribution in [0.1, 0.15) is 5.56 Å². The maximum absolute atomic E-state index is 12.5. The van der Waals surface area contributed by atoms with Crippen LogP contribution in [0.3, 0.4) is 0 Å². The first-order valence-electron chi connectivity index (χ1n) is 6.84. The second kappa shape index (κ2) is 5.63. The predicted molar refractivity (Wildman–Crippen MR) is 80.4 cm³/mol. The van der Waals surface area contributed by atoms with E-state index in [-0.39, 0.29) is 5.56 Å². The smallest absolute Gasteiger partial charge is 0.271 e. The normalized spacial score (nSPS) is 21.2. The summed E-state index contributed by atoms with van der Waals surface area (Å²) in [5, 5.41) is 1.99. The van der Waals surface area contributed by atoms with Crippen molar-refractivity contribution in [2.24, 2.45) is 5.92 Å². The second-order valence-corrected chi connectivity index (χ2v) is 6.38. The molecule has 0 saturated carbocycles. The molecule has 1 aliphatic rings. The molecule has 0 N–H and O–H groups in total. The summed E-state index contributed by atoms with van der Waals surface area (Å²) >= 11 is 1.48. The van der Waals surface area contributed by atoms with Crippen molar-refractivity contribution in [3.63, 3.8) is 0 Å². The Labute approximate surface area is 121 Å². The monoisotopic (exact) mass is 293 g/mol. The van der Waals surface area contributed by atoms with Gasteiger partial charge in [-0.15, -0.1) is 11.3 Å². The van der Waals surface area contributed by atoms with Crippen molar-refractivity contribution in [2.45, 2.75) is 13.5 Å². The lowest BCUT2D eigenvalue weighted by atomic mass is 10.1. The minimum atomic E-state index is 0.0694. The molecule has 20 heavy (non-hydrogen) atoms. The largest absolute Gasteiger partial charge is 0.380 e. The quantitative estimate of drug-likeness (QED) is 0.838. The van der Waals surface area contributed by atoms with E-state index < -0.39 is 0 Å². The Balaban J connectivity index is 1.87. The number of hydrogen-bond donors (Lipinski definition) is 0. The molecular formula is C14H19N3O2S. The molecule has 2 aromatic rings. The van der Waals surface area contributed by atoms with Crippen LogP contribution in [0.25, 0.3) is 10.2 Å². The average Bonchev–Trinajstić information content (AvgIpc) is 2.67. The van der Waals surface area contributed by atoms with Crippen LogP contribution >= 0.6 is 11.3 Å². The van der Waals surface area contributed by atoms with Crippen LogP contribution in [0.4, 0.5) is 0 Å². The summed E-state index contributed by atoms with van der Waals surface area (Å²) in [5.74, 6) is 0.334. The van der Waals surface area contributed by atoms with E-state index in [1.807, 2.05) is 12.3 Å². The lowest BCUT2D eigenvalue weighted by molar-refractivity contribution is 0.117. The summed E-state index contributed by atoms with van der Waals surface area (Å²) in [7, 11) is 2.09. The topological polar surface area (TPSA) is 47.4 Å². The molecule has 1 unspecified atom stereocenters. The fourth-order valence-electron chi connectivity index (χ4n) is 2.63. The number of aryl methyl sites for hydroxylation is 1. The molecule has 0 aliphatic carbocycles. The maximum atomic E-state index is 12.5. The minimum absolute atomic E-state index is 0.0694. The summed E-state index contributed by atoms with van der Waals surface area (Å²) in [6.07, 6.45) is 1.68. The Kier molecular flexibility index (Phi) is 3.87. The highest BCUT2D eigenvalue weighted by molar-refractivity contribution is 7.17. The van der Waals surface area contributed by atoms with E-state index in [9.17, 15) is 4.79 Å². The highest BCUT2D eigenvalue weighted by Gasteiger charge is 2.18. The fraction of sp³-hybridized carbons (Fsp3) is 0.571. The van der Waals surface area contributed by atoms with E-state index in [1.165, 1.54) is 11.3 Å². The number of hydrogen-bond acceptors (Lipinski definition) is 5. The molecule has 0 aromatic carbocycles. The van der Waals surface area contributed by atoms with Crippen LogP contribution in [0.15, 0.2) is 16.5 Å². The second-order valence-electron chi connectivity index (χ2n) is 5.50. The minimum Gasteiger partial charge on any atom is -0.380 e. The van der Waals surface area contributed by atoms with Gasteiger partial charge in [0.15, 0.2) is 0 Å². The van der Waals surface area contributed by atoms with E-state index in [1.54, 1.807) is 10.9 Å². The van der Waals surface area contributed by atoms with Crippen LogP contribution in [0, 0.1) is 12.8 Å². The zero-order chi connectivity index (χ0) is 14.1. The Bertz CT molecular complexity index is 664. The molecule has 0 bridgehead atoms. The van der Waals surface area contributed by atoms with Crippen molar-refractivity contribution in [1.82, 2.24) is 14.5 Å². The zero-order valence-electron chi connectivity index (χ0n) is 11.8. The van der Waals surface area contributed by atoms with Gasteiger partial charge in [0.05, 0.1) is 25.1 Å². The third-order valence-electron chi connectivity index (χ3n) is 3.72. The number of fused-ring (bicyclic) bond motifs is 1. The average molecular weight is 293 g/mol. The van der Waals surface area contributed by atoms with E-state index in [4.69, 9.17) is 4.74 Å². The van der Waals surface area contributed by atoms with Gasteiger partial charge >= 0.3 is 0 Å². The van der Waals surface area contributed by atoms with E-state index in [0.717, 1.165) is 35.5 Å². The molecule has 108 valence electrons. The molecule has 2 aromatic heterocycles. The highest BCUT2D eigenvalue weighted by Crippen LogP contribution is 2.19. The van der Waals surface area contributed by atoms with Crippen molar-refractivity contribution in [1.29, 1.82) is 0 Å². The van der Waals surface area contributed by atoms with Gasteiger partial charge in [0, 0.05) is 25.6 Å². The van der Waals surface area contributed by atoms with Gasteiger partial charge in [0.1, 0.15) is 4.70 Å². The van der Waals surface area contributed by atoms with Crippen LogP contribution in [0.5, 0.6) is 0 Å². The SMILES string of the molecule is Cc1csc2c(=O)n(CC3COCCN(C)C3)cnc12. The van der Waals surface area contributed by atoms with Crippen LogP contribution in [0.2, 0.25) is 0 Å². The molecule has 6 heteroatoms. The Morgan fingerprint density at radius 2 is 2.40 bits per heavy atom. The van der Waals surface area contributed by atoms with Gasteiger partial charge in [-0.2, -0.15) is 0 Å². The first-order chi connectivity index (χ1) is 9.65. The molecule has 0 amide bonds. The Morgan fingerprint density at radius 1 is 1.55 bits per heavy atom. The first-order valence-corrected chi connectivity index (χ1v) is 7.72. The zero-order valence-corrected chi connectivity index (χ0v) is 12.7. The summed E-state index contributed by atoms with van der Waals surface area (Å²) in [6.45, 7) is 6.04. The van der Waals surface area contributed by atoms with Crippen molar-refractivity contribution in [2.75, 3.05) is 33.4 Å². The molecule has 1 saturated heterocycles. The van der Waals surface area contributed by atoms with Crippen LogP contribution < -0.4 is 5.56 Å². The number of rotatable bonds is 2. The number of nitrogens with zero attached hydrogens (tertiary/aromatic N) is 3. The number of likely N-dealkylation sites (N-methyl/N-ethyl adjacent to an activating group) is 1. The predicted octanol–water partition coefficient (Wildman–Crippen LogP) is 1.34. The lowest BCUT2D eigenvalue weighted by Crippen LogP contribution is -2.31. The molecule has 1 aliphatic heterocycles. The van der Waals surface area contributed by atoms with E-state index >= 15 is 0 Å². The summed E-state index contributed by atoms with van der Waals surface area (Å²) < 4.78 is 8.09. The Hall–Kier alpha value is -1.24. The van der Waals surface area contributed by atoms with Crippen molar-refractivity contribution in [3.05, 3.63) is 27.6 Å². The molecule has 3 heterocycles. The molecule has 1 fully saturated rings. The fourth-order valence-corrected chi connectivity index (χ4v) is 3.58. The molecule has 0 radical (unpaired) electrons. The number of aromatic nitrogens is 2. The van der Waals surface area contributed by atoms with E-state index in [2.05, 4.69) is 16.9 Å². The van der Waals surface area contributed by atoms with Gasteiger partial charge in [-0.1, -0.05) is 0 Å². The molecule has 1 atom stereocenters. The van der Waals surface area contributed by atoms with Gasteiger partial charge < -0.3 is 9.64 Å². The summed E-state index contributed by atoms with van der Waals surface area (Å²) in [4.78, 5) is 19.1. The lowest BCUT2D eigenvalue weighted by Gasteiger charge is -2.19. The summed E-state index contributed by atoms with van der Waals surface area (Å²) in [5.41, 5.74) is 1.98. The van der Waals surface area contributed by atoms with Gasteiger partial charge in [-0.25, -0.2) is 4.98 Å². The summed E-state index contributed by atoms with van der Waals surface area (Å²) in [6, 6.07) is 0. The third kappa shape index (κ3) is 2.63. The Morgan fingerprint density at radius 3 is 3.25 bits per heavy atom. The molecule has 3 rings (SSSR count). The van der Waals surface area contributed by atoms with E-state index in [0.29, 0.717) is 19.1 Å². The number of thiophene rings is 1. The molecule has 5 nitrogen and oxygen atoms in total. The van der Waals surface area contributed by atoms with Gasteiger partial charge in [0.25, 0.3) is 5.56 Å². The van der Waals surface area contributed by atoms with Crippen molar-refractivity contribution >= 4 is 21.6 Å². The maximum Gasteiger partial charge on any atom is 0.271 e. The van der Waals surface area contributed by atoms with Gasteiger partial charge in [-0.05, 0) is 24.9 Å². The van der Waals surface area contributed by atoms with Gasteiger partial charge in [0.2, 0.25) is 0 Å². The van der Waals surface area contributed by atoms with Crippen molar-refractivity contribution < 1.29 is 4.74 Å². The van der Waals surface area contributed by atoms with Crippen molar-refractivity contribution in [3.8, 4) is 0 Å². The van der Waals surface area contributed by atoms with Gasteiger partial charge in [-0.3, -0.25) is 9.36 Å².